The summed E-state index contributed by atoms with van der Waals surface area (Å²) in [5, 5.41) is 3.39. The van der Waals surface area contributed by atoms with Crippen molar-refractivity contribution in [3.05, 3.63) is 23.3 Å². The number of benzene rings is 1. The number of nitrogens with one attached hydrogen (secondary N) is 1. The van der Waals surface area contributed by atoms with Crippen LogP contribution < -0.4 is 14.8 Å². The average molecular weight is 207 g/mol. The van der Waals surface area contributed by atoms with Crippen molar-refractivity contribution in [2.45, 2.75) is 12.8 Å². The fraction of sp³-hybridized carbons (Fsp3) is 0.500. The van der Waals surface area contributed by atoms with E-state index >= 15 is 0 Å². The zero-order valence-corrected chi connectivity index (χ0v) is 9.30. The minimum absolute atomic E-state index is 0.882. The second kappa shape index (κ2) is 4.53. The van der Waals surface area contributed by atoms with E-state index in [0.29, 0.717) is 0 Å². The molecule has 3 nitrogen and oxygen atoms in total. The molecule has 0 aliphatic carbocycles. The fourth-order valence-electron chi connectivity index (χ4n) is 2.04. The van der Waals surface area contributed by atoms with Crippen molar-refractivity contribution in [3.63, 3.8) is 0 Å². The SMILES string of the molecule is COc1cc2c(c(OC)c1)CCNCC2. The van der Waals surface area contributed by atoms with Gasteiger partial charge in [0.2, 0.25) is 0 Å². The molecule has 0 aromatic heterocycles. The molecule has 0 bridgehead atoms. The molecule has 0 amide bonds. The zero-order chi connectivity index (χ0) is 10.7. The van der Waals surface area contributed by atoms with Crippen molar-refractivity contribution >= 4 is 0 Å². The molecular formula is C12H17NO2. The molecule has 1 aliphatic rings. The summed E-state index contributed by atoms with van der Waals surface area (Å²) >= 11 is 0. The summed E-state index contributed by atoms with van der Waals surface area (Å²) in [5.74, 6) is 1.83. The van der Waals surface area contributed by atoms with Crippen molar-refractivity contribution in [3.8, 4) is 11.5 Å². The Kier molecular flexibility index (Phi) is 3.11. The third kappa shape index (κ3) is 2.07. The molecule has 0 radical (unpaired) electrons. The lowest BCUT2D eigenvalue weighted by atomic mass is 10.0. The van der Waals surface area contributed by atoms with Gasteiger partial charge in [-0.05, 0) is 43.1 Å². The Morgan fingerprint density at radius 1 is 1.07 bits per heavy atom. The van der Waals surface area contributed by atoms with Crippen molar-refractivity contribution in [1.82, 2.24) is 5.32 Å². The molecule has 1 aromatic carbocycles. The number of ether oxygens (including phenoxy) is 2. The molecule has 82 valence electrons. The van der Waals surface area contributed by atoms with Crippen LogP contribution in [0, 0.1) is 0 Å². The van der Waals surface area contributed by atoms with Crippen LogP contribution in [-0.4, -0.2) is 27.3 Å². The van der Waals surface area contributed by atoms with E-state index in [1.807, 2.05) is 6.07 Å². The molecule has 2 rings (SSSR count). The Morgan fingerprint density at radius 2 is 1.87 bits per heavy atom. The van der Waals surface area contributed by atoms with Crippen LogP contribution in [-0.2, 0) is 12.8 Å². The van der Waals surface area contributed by atoms with Crippen LogP contribution in [0.15, 0.2) is 12.1 Å². The van der Waals surface area contributed by atoms with E-state index < -0.39 is 0 Å². The monoisotopic (exact) mass is 207 g/mol. The highest BCUT2D eigenvalue weighted by Crippen LogP contribution is 2.30. The van der Waals surface area contributed by atoms with Gasteiger partial charge in [-0.1, -0.05) is 0 Å². The lowest BCUT2D eigenvalue weighted by Crippen LogP contribution is -2.16. The van der Waals surface area contributed by atoms with E-state index in [1.54, 1.807) is 14.2 Å². The van der Waals surface area contributed by atoms with Crippen molar-refractivity contribution in [2.75, 3.05) is 27.3 Å². The van der Waals surface area contributed by atoms with Gasteiger partial charge in [-0.3, -0.25) is 0 Å². The molecule has 0 atom stereocenters. The van der Waals surface area contributed by atoms with Crippen molar-refractivity contribution in [2.24, 2.45) is 0 Å². The maximum atomic E-state index is 5.40. The standard InChI is InChI=1S/C12H17NO2/c1-14-10-7-9-3-5-13-6-4-11(9)12(8-10)15-2/h7-8,13H,3-6H2,1-2H3. The Labute approximate surface area is 90.4 Å². The fourth-order valence-corrected chi connectivity index (χ4v) is 2.04. The van der Waals surface area contributed by atoms with E-state index in [2.05, 4.69) is 11.4 Å². The molecule has 0 saturated carbocycles. The first-order chi connectivity index (χ1) is 7.35. The van der Waals surface area contributed by atoms with Gasteiger partial charge in [0.15, 0.2) is 0 Å². The van der Waals surface area contributed by atoms with Crippen LogP contribution in [0.3, 0.4) is 0 Å². The Bertz CT molecular complexity index is 350. The third-order valence-electron chi connectivity index (χ3n) is 2.85. The van der Waals surface area contributed by atoms with Gasteiger partial charge in [-0.25, -0.2) is 0 Å². The number of hydrogen-bond donors (Lipinski definition) is 1. The topological polar surface area (TPSA) is 30.5 Å². The highest BCUT2D eigenvalue weighted by Gasteiger charge is 2.14. The normalized spacial score (nSPS) is 15.3. The first-order valence-corrected chi connectivity index (χ1v) is 5.29. The summed E-state index contributed by atoms with van der Waals surface area (Å²) in [6, 6.07) is 4.08. The molecule has 1 aliphatic heterocycles. The van der Waals surface area contributed by atoms with Gasteiger partial charge >= 0.3 is 0 Å². The van der Waals surface area contributed by atoms with E-state index in [9.17, 15) is 0 Å². The quantitative estimate of drug-likeness (QED) is 0.795. The molecule has 0 unspecified atom stereocenters. The molecule has 1 aromatic rings. The summed E-state index contributed by atoms with van der Waals surface area (Å²) in [7, 11) is 3.41. The van der Waals surface area contributed by atoms with E-state index in [0.717, 1.165) is 37.4 Å². The highest BCUT2D eigenvalue weighted by atomic mass is 16.5. The number of fused-ring (bicyclic) bond motifs is 1. The predicted molar refractivity (Wildman–Crippen MR) is 59.8 cm³/mol. The van der Waals surface area contributed by atoms with Crippen LogP contribution in [0.5, 0.6) is 11.5 Å². The number of methoxy groups -OCH3 is 2. The van der Waals surface area contributed by atoms with E-state index in [4.69, 9.17) is 9.47 Å². The lowest BCUT2D eigenvalue weighted by Gasteiger charge is -2.13. The molecule has 0 saturated heterocycles. The lowest BCUT2D eigenvalue weighted by molar-refractivity contribution is 0.390. The van der Waals surface area contributed by atoms with Gasteiger partial charge < -0.3 is 14.8 Å². The largest absolute Gasteiger partial charge is 0.497 e. The Balaban J connectivity index is 2.45. The Morgan fingerprint density at radius 3 is 2.60 bits per heavy atom. The summed E-state index contributed by atoms with van der Waals surface area (Å²) in [6.45, 7) is 2.05. The smallest absolute Gasteiger partial charge is 0.126 e. The minimum Gasteiger partial charge on any atom is -0.497 e. The van der Waals surface area contributed by atoms with Gasteiger partial charge in [0, 0.05) is 6.07 Å². The minimum atomic E-state index is 0.882. The van der Waals surface area contributed by atoms with Gasteiger partial charge in [0.1, 0.15) is 11.5 Å². The predicted octanol–water partition coefficient (Wildman–Crippen LogP) is 1.39. The third-order valence-corrected chi connectivity index (χ3v) is 2.85. The van der Waals surface area contributed by atoms with E-state index in [1.165, 1.54) is 11.1 Å². The summed E-state index contributed by atoms with van der Waals surface area (Å²) < 4.78 is 10.7. The molecule has 0 spiro atoms. The van der Waals surface area contributed by atoms with Crippen LogP contribution in [0.1, 0.15) is 11.1 Å². The maximum Gasteiger partial charge on any atom is 0.126 e. The molecule has 1 N–H and O–H groups in total. The van der Waals surface area contributed by atoms with E-state index in [-0.39, 0.29) is 0 Å². The molecule has 3 heteroatoms. The Hall–Kier alpha value is -1.22. The van der Waals surface area contributed by atoms with Crippen LogP contribution in [0.25, 0.3) is 0 Å². The van der Waals surface area contributed by atoms with Crippen LogP contribution in [0.4, 0.5) is 0 Å². The van der Waals surface area contributed by atoms with Crippen LogP contribution >= 0.6 is 0 Å². The number of hydrogen-bond acceptors (Lipinski definition) is 3. The average Bonchev–Trinajstić information content (AvgIpc) is 2.52. The first kappa shape index (κ1) is 10.3. The summed E-state index contributed by atoms with van der Waals surface area (Å²) in [6.07, 6.45) is 2.07. The first-order valence-electron chi connectivity index (χ1n) is 5.29. The van der Waals surface area contributed by atoms with Crippen molar-refractivity contribution < 1.29 is 9.47 Å². The molecular weight excluding hydrogens is 190 g/mol. The van der Waals surface area contributed by atoms with Crippen LogP contribution in [0.2, 0.25) is 0 Å². The highest BCUT2D eigenvalue weighted by molar-refractivity contribution is 5.47. The zero-order valence-electron chi connectivity index (χ0n) is 9.30. The second-order valence-corrected chi connectivity index (χ2v) is 3.72. The number of rotatable bonds is 2. The summed E-state index contributed by atoms with van der Waals surface area (Å²) in [5.41, 5.74) is 2.67. The van der Waals surface area contributed by atoms with Crippen molar-refractivity contribution in [1.29, 1.82) is 0 Å². The molecule has 15 heavy (non-hydrogen) atoms. The molecule has 1 heterocycles. The summed E-state index contributed by atoms with van der Waals surface area (Å²) in [4.78, 5) is 0. The van der Waals surface area contributed by atoms with Gasteiger partial charge in [-0.15, -0.1) is 0 Å². The molecule has 0 fully saturated rings. The van der Waals surface area contributed by atoms with Gasteiger partial charge in [0.25, 0.3) is 0 Å². The van der Waals surface area contributed by atoms with Gasteiger partial charge in [0.05, 0.1) is 14.2 Å². The maximum absolute atomic E-state index is 5.40. The second-order valence-electron chi connectivity index (χ2n) is 3.72. The van der Waals surface area contributed by atoms with Gasteiger partial charge in [-0.2, -0.15) is 0 Å².